The van der Waals surface area contributed by atoms with E-state index in [0.29, 0.717) is 12.2 Å². The zero-order chi connectivity index (χ0) is 14.0. The van der Waals surface area contributed by atoms with Gasteiger partial charge in [0.05, 0.1) is 5.75 Å². The largest absolute Gasteiger partial charge is 0.332 e. The molecule has 1 heterocycles. The molecule has 1 aromatic rings. The van der Waals surface area contributed by atoms with Gasteiger partial charge >= 0.3 is 0 Å². The van der Waals surface area contributed by atoms with Crippen molar-refractivity contribution in [2.24, 2.45) is 0 Å². The second-order valence-corrected chi connectivity index (χ2v) is 8.78. The molecule has 0 radical (unpaired) electrons. The fourth-order valence-corrected chi connectivity index (χ4v) is 2.65. The van der Waals surface area contributed by atoms with E-state index in [2.05, 4.69) is 4.98 Å². The fourth-order valence-electron chi connectivity index (χ4n) is 1.43. The third kappa shape index (κ3) is 4.58. The van der Waals surface area contributed by atoms with Crippen LogP contribution in [0.15, 0.2) is 11.2 Å². The van der Waals surface area contributed by atoms with Crippen LogP contribution in [0.2, 0.25) is 0 Å². The van der Waals surface area contributed by atoms with Gasteiger partial charge in [-0.25, -0.2) is 21.8 Å². The molecule has 0 unspecified atom stereocenters. The van der Waals surface area contributed by atoms with Gasteiger partial charge in [-0.15, -0.1) is 0 Å². The molecule has 1 rings (SSSR count). The van der Waals surface area contributed by atoms with E-state index >= 15 is 0 Å². The van der Waals surface area contributed by atoms with Crippen LogP contribution in [0.4, 0.5) is 0 Å². The Morgan fingerprint density at radius 1 is 1.33 bits per heavy atom. The van der Waals surface area contributed by atoms with E-state index in [1.807, 2.05) is 6.92 Å². The lowest BCUT2D eigenvalue weighted by Crippen LogP contribution is -2.12. The van der Waals surface area contributed by atoms with Gasteiger partial charge in [-0.1, -0.05) is 6.92 Å². The van der Waals surface area contributed by atoms with E-state index in [4.69, 9.17) is 10.7 Å². The number of nitrogens with zero attached hydrogens (tertiary/aromatic N) is 2. The fraction of sp³-hybridized carbons (Fsp3) is 0.667. The van der Waals surface area contributed by atoms with E-state index in [1.165, 1.54) is 10.8 Å². The summed E-state index contributed by atoms with van der Waals surface area (Å²) in [5.41, 5.74) is 0. The molecule has 0 N–H and O–H groups in total. The molecular weight excluding hydrogens is 300 g/mol. The molecule has 0 aliphatic heterocycles. The van der Waals surface area contributed by atoms with Crippen molar-refractivity contribution in [2.75, 3.05) is 12.0 Å². The maximum atomic E-state index is 11.2. The van der Waals surface area contributed by atoms with Gasteiger partial charge in [-0.3, -0.25) is 0 Å². The Morgan fingerprint density at radius 2 is 1.94 bits per heavy atom. The summed E-state index contributed by atoms with van der Waals surface area (Å²) in [5.74, 6) is 0.461. The average molecular weight is 315 g/mol. The quantitative estimate of drug-likeness (QED) is 0.725. The van der Waals surface area contributed by atoms with Crippen LogP contribution in [0.1, 0.15) is 19.2 Å². The molecule has 9 heteroatoms. The highest BCUT2D eigenvalue weighted by Gasteiger charge is 2.18. The summed E-state index contributed by atoms with van der Waals surface area (Å²) in [6.45, 7) is 2.10. The Morgan fingerprint density at radius 3 is 2.39 bits per heavy atom. The number of aromatic nitrogens is 2. The van der Waals surface area contributed by atoms with Crippen LogP contribution in [0.25, 0.3) is 0 Å². The van der Waals surface area contributed by atoms with Crippen LogP contribution >= 0.6 is 10.7 Å². The smallest absolute Gasteiger partial charge is 0.280 e. The number of rotatable bonds is 6. The van der Waals surface area contributed by atoms with Crippen molar-refractivity contribution in [1.29, 1.82) is 0 Å². The lowest BCUT2D eigenvalue weighted by atomic mass is 10.3. The van der Waals surface area contributed by atoms with Crippen LogP contribution in [0.3, 0.4) is 0 Å². The van der Waals surface area contributed by atoms with E-state index in [1.54, 1.807) is 0 Å². The van der Waals surface area contributed by atoms with Gasteiger partial charge in [-0.2, -0.15) is 0 Å². The lowest BCUT2D eigenvalue weighted by Gasteiger charge is -2.05. The first-order valence-corrected chi connectivity index (χ1v) is 9.69. The molecule has 1 aromatic heterocycles. The average Bonchev–Trinajstić information content (AvgIpc) is 2.57. The Labute approximate surface area is 111 Å². The number of sulfone groups is 1. The van der Waals surface area contributed by atoms with Crippen molar-refractivity contribution in [3.8, 4) is 0 Å². The minimum Gasteiger partial charge on any atom is -0.332 e. The van der Waals surface area contributed by atoms with Gasteiger partial charge in [0.2, 0.25) is 0 Å². The van der Waals surface area contributed by atoms with Crippen molar-refractivity contribution < 1.29 is 16.8 Å². The molecule has 18 heavy (non-hydrogen) atoms. The highest BCUT2D eigenvalue weighted by Crippen LogP contribution is 2.15. The number of imidazole rings is 1. The molecule has 0 bridgehead atoms. The highest BCUT2D eigenvalue weighted by molar-refractivity contribution is 8.13. The second kappa shape index (κ2) is 5.58. The van der Waals surface area contributed by atoms with Crippen molar-refractivity contribution >= 4 is 29.6 Å². The van der Waals surface area contributed by atoms with Crippen LogP contribution in [-0.4, -0.2) is 38.4 Å². The Bertz CT molecular complexity index is 619. The first-order chi connectivity index (χ1) is 8.13. The van der Waals surface area contributed by atoms with Gasteiger partial charge in [0.15, 0.2) is 5.03 Å². The maximum absolute atomic E-state index is 11.2. The van der Waals surface area contributed by atoms with Crippen molar-refractivity contribution in [3.63, 3.8) is 0 Å². The molecule has 0 spiro atoms. The Hall–Kier alpha value is -0.600. The molecule has 0 aliphatic carbocycles. The molecule has 0 aromatic carbocycles. The first kappa shape index (κ1) is 15.5. The zero-order valence-electron chi connectivity index (χ0n) is 10.1. The molecule has 6 nitrogen and oxygen atoms in total. The van der Waals surface area contributed by atoms with Crippen LogP contribution in [0, 0.1) is 0 Å². The maximum Gasteiger partial charge on any atom is 0.280 e. The third-order valence-corrected chi connectivity index (χ3v) is 4.36. The van der Waals surface area contributed by atoms with Gasteiger partial charge in [0, 0.05) is 36.1 Å². The molecule has 0 saturated heterocycles. The summed E-state index contributed by atoms with van der Waals surface area (Å²) in [6.07, 6.45) is 3.75. The van der Waals surface area contributed by atoms with Crippen LogP contribution in [0.5, 0.6) is 0 Å². The van der Waals surface area contributed by atoms with Crippen LogP contribution in [-0.2, 0) is 31.9 Å². The molecule has 0 atom stereocenters. The SMILES string of the molecule is CCCc1nc(S(=O)(=O)Cl)cn1CCS(C)(=O)=O. The highest BCUT2D eigenvalue weighted by atomic mass is 35.7. The van der Waals surface area contributed by atoms with Crippen molar-refractivity contribution in [1.82, 2.24) is 9.55 Å². The van der Waals surface area contributed by atoms with Crippen molar-refractivity contribution in [2.45, 2.75) is 31.3 Å². The summed E-state index contributed by atoms with van der Waals surface area (Å²) >= 11 is 0. The van der Waals surface area contributed by atoms with E-state index in [9.17, 15) is 16.8 Å². The standard InChI is InChI=1S/C9H15ClN2O4S2/c1-3-4-8-11-9(18(10,15)16)7-12(8)5-6-17(2,13)14/h7H,3-6H2,1-2H3. The van der Waals surface area contributed by atoms with Gasteiger partial charge in [-0.05, 0) is 6.42 Å². The predicted molar refractivity (Wildman–Crippen MR) is 69.0 cm³/mol. The first-order valence-electron chi connectivity index (χ1n) is 5.32. The monoisotopic (exact) mass is 314 g/mol. The lowest BCUT2D eigenvalue weighted by molar-refractivity contribution is 0.591. The molecule has 0 fully saturated rings. The van der Waals surface area contributed by atoms with Crippen LogP contribution < -0.4 is 0 Å². The summed E-state index contributed by atoms with van der Waals surface area (Å²) in [6, 6.07) is 0. The van der Waals surface area contributed by atoms with Gasteiger partial charge < -0.3 is 4.57 Å². The van der Waals surface area contributed by atoms with E-state index in [-0.39, 0.29) is 17.3 Å². The second-order valence-electron chi connectivity index (χ2n) is 4.01. The zero-order valence-corrected chi connectivity index (χ0v) is 12.5. The number of hydrogen-bond acceptors (Lipinski definition) is 5. The Balaban J connectivity index is 3.05. The normalized spacial score (nSPS) is 12.8. The summed E-state index contributed by atoms with van der Waals surface area (Å²) in [4.78, 5) is 3.92. The summed E-state index contributed by atoms with van der Waals surface area (Å²) in [7, 11) is -1.78. The molecule has 0 amide bonds. The topological polar surface area (TPSA) is 86.1 Å². The van der Waals surface area contributed by atoms with Gasteiger partial charge in [0.25, 0.3) is 9.05 Å². The molecule has 0 aliphatic rings. The van der Waals surface area contributed by atoms with E-state index in [0.717, 1.165) is 12.7 Å². The Kier molecular flexibility index (Phi) is 4.79. The molecule has 0 saturated carbocycles. The molecule has 104 valence electrons. The van der Waals surface area contributed by atoms with E-state index < -0.39 is 18.9 Å². The third-order valence-electron chi connectivity index (χ3n) is 2.26. The number of halogens is 1. The number of aryl methyl sites for hydroxylation is 2. The summed E-state index contributed by atoms with van der Waals surface area (Å²) in [5, 5.41) is -0.235. The minimum absolute atomic E-state index is 0.0676. The van der Waals surface area contributed by atoms with Gasteiger partial charge in [0.1, 0.15) is 15.7 Å². The minimum atomic E-state index is -3.89. The number of hydrogen-bond donors (Lipinski definition) is 0. The predicted octanol–water partition coefficient (Wildman–Crippen LogP) is 0.808. The summed E-state index contributed by atoms with van der Waals surface area (Å²) < 4.78 is 46.1. The van der Waals surface area contributed by atoms with Crippen molar-refractivity contribution in [3.05, 3.63) is 12.0 Å². The molecular formula is C9H15ClN2O4S2.